The molecule has 6 heteroatoms. The van der Waals surface area contributed by atoms with Crippen molar-refractivity contribution in [2.45, 2.75) is 6.54 Å². The lowest BCUT2D eigenvalue weighted by atomic mass is 10.2. The van der Waals surface area contributed by atoms with E-state index in [-0.39, 0.29) is 10.9 Å². The van der Waals surface area contributed by atoms with Gasteiger partial charge in [-0.05, 0) is 29.8 Å². The first-order valence-corrected chi connectivity index (χ1v) is 7.02. The van der Waals surface area contributed by atoms with Crippen molar-refractivity contribution in [1.29, 1.82) is 0 Å². The molecule has 1 aromatic heterocycles. The van der Waals surface area contributed by atoms with Crippen molar-refractivity contribution in [2.75, 3.05) is 7.05 Å². The predicted octanol–water partition coefficient (Wildman–Crippen LogP) is 2.64. The van der Waals surface area contributed by atoms with Gasteiger partial charge in [0.05, 0.1) is 0 Å². The maximum absolute atomic E-state index is 12.3. The fraction of sp³-hybridized carbons (Fsp3) is 0.133. The van der Waals surface area contributed by atoms with Crippen LogP contribution in [-0.2, 0) is 6.54 Å². The minimum absolute atomic E-state index is 0.167. The van der Waals surface area contributed by atoms with E-state index in [0.29, 0.717) is 22.8 Å². The number of hydrogen-bond acceptors (Lipinski definition) is 3. The second kappa shape index (κ2) is 6.65. The molecule has 0 atom stereocenters. The Morgan fingerprint density at radius 1 is 1.29 bits per heavy atom. The van der Waals surface area contributed by atoms with Crippen LogP contribution in [0.1, 0.15) is 21.6 Å². The maximum atomic E-state index is 12.3. The molecule has 0 bridgehead atoms. The molecule has 1 heterocycles. The summed E-state index contributed by atoms with van der Waals surface area (Å²) in [4.78, 5) is 18.2. The van der Waals surface area contributed by atoms with Crippen LogP contribution in [0.25, 0.3) is 0 Å². The molecule has 0 aliphatic heterocycles. The van der Waals surface area contributed by atoms with Crippen LogP contribution in [0.15, 0.2) is 42.6 Å². The Balaban J connectivity index is 2.08. The van der Waals surface area contributed by atoms with Crippen LogP contribution >= 0.6 is 23.8 Å². The van der Waals surface area contributed by atoms with Gasteiger partial charge in [0, 0.05) is 30.4 Å². The summed E-state index contributed by atoms with van der Waals surface area (Å²) in [5.74, 6) is -0.167. The number of carbonyl (C=O) groups excluding carboxylic acids is 1. The van der Waals surface area contributed by atoms with E-state index >= 15 is 0 Å². The van der Waals surface area contributed by atoms with Gasteiger partial charge >= 0.3 is 0 Å². The molecule has 108 valence electrons. The monoisotopic (exact) mass is 319 g/mol. The highest BCUT2D eigenvalue weighted by atomic mass is 35.5. The molecule has 0 fully saturated rings. The lowest BCUT2D eigenvalue weighted by molar-refractivity contribution is 0.0779. The Kier molecular flexibility index (Phi) is 4.88. The van der Waals surface area contributed by atoms with E-state index in [2.05, 4.69) is 4.98 Å². The van der Waals surface area contributed by atoms with E-state index in [4.69, 9.17) is 29.6 Å². The van der Waals surface area contributed by atoms with Crippen LogP contribution in [-0.4, -0.2) is 27.8 Å². The fourth-order valence-electron chi connectivity index (χ4n) is 1.80. The van der Waals surface area contributed by atoms with Gasteiger partial charge in [-0.25, -0.2) is 0 Å². The quantitative estimate of drug-likeness (QED) is 0.880. The maximum Gasteiger partial charge on any atom is 0.272 e. The predicted molar refractivity (Wildman–Crippen MR) is 87.4 cm³/mol. The Morgan fingerprint density at radius 2 is 1.95 bits per heavy atom. The first kappa shape index (κ1) is 15.4. The van der Waals surface area contributed by atoms with Gasteiger partial charge in [-0.1, -0.05) is 36.0 Å². The third-order valence-corrected chi connectivity index (χ3v) is 3.43. The van der Waals surface area contributed by atoms with Crippen LogP contribution in [0.3, 0.4) is 0 Å². The molecular weight excluding hydrogens is 306 g/mol. The number of pyridine rings is 1. The van der Waals surface area contributed by atoms with E-state index in [9.17, 15) is 4.79 Å². The summed E-state index contributed by atoms with van der Waals surface area (Å²) in [6.45, 7) is 0.481. The molecule has 0 unspecified atom stereocenters. The van der Waals surface area contributed by atoms with E-state index in [0.717, 1.165) is 5.56 Å². The van der Waals surface area contributed by atoms with E-state index in [1.807, 2.05) is 12.1 Å². The summed E-state index contributed by atoms with van der Waals surface area (Å²) in [7, 11) is 1.72. The van der Waals surface area contributed by atoms with E-state index < -0.39 is 0 Å². The lowest BCUT2D eigenvalue weighted by Crippen LogP contribution is -2.27. The SMILES string of the molecule is CN(Cc1ccc(Cl)cc1)C(=O)c1ccc(C(N)=S)cn1. The number of hydrogen-bond donors (Lipinski definition) is 1. The van der Waals surface area contributed by atoms with Gasteiger partial charge in [0.25, 0.3) is 5.91 Å². The Labute approximate surface area is 133 Å². The van der Waals surface area contributed by atoms with Gasteiger partial charge < -0.3 is 10.6 Å². The number of thiocarbonyl (C=S) groups is 1. The second-order valence-electron chi connectivity index (χ2n) is 4.58. The average Bonchev–Trinajstić information content (AvgIpc) is 2.49. The van der Waals surface area contributed by atoms with Crippen molar-refractivity contribution < 1.29 is 4.79 Å². The van der Waals surface area contributed by atoms with Gasteiger partial charge in [-0.2, -0.15) is 0 Å². The Hall–Kier alpha value is -1.98. The average molecular weight is 320 g/mol. The third kappa shape index (κ3) is 4.00. The minimum Gasteiger partial charge on any atom is -0.389 e. The smallest absolute Gasteiger partial charge is 0.272 e. The Bertz CT molecular complexity index is 656. The highest BCUT2D eigenvalue weighted by molar-refractivity contribution is 7.80. The van der Waals surface area contributed by atoms with Crippen molar-refractivity contribution >= 4 is 34.7 Å². The fourth-order valence-corrected chi connectivity index (χ4v) is 2.04. The lowest BCUT2D eigenvalue weighted by Gasteiger charge is -2.17. The zero-order valence-electron chi connectivity index (χ0n) is 11.4. The van der Waals surface area contributed by atoms with Crippen LogP contribution in [0.5, 0.6) is 0 Å². The number of amides is 1. The number of nitrogens with two attached hydrogens (primary N) is 1. The van der Waals surface area contributed by atoms with Crippen molar-refractivity contribution in [3.8, 4) is 0 Å². The summed E-state index contributed by atoms with van der Waals surface area (Å²) in [6, 6.07) is 10.7. The topological polar surface area (TPSA) is 59.2 Å². The van der Waals surface area contributed by atoms with Crippen LogP contribution in [0, 0.1) is 0 Å². The number of halogens is 1. The number of nitrogens with zero attached hydrogens (tertiary/aromatic N) is 2. The van der Waals surface area contributed by atoms with Gasteiger partial charge in [-0.3, -0.25) is 9.78 Å². The van der Waals surface area contributed by atoms with Crippen molar-refractivity contribution in [1.82, 2.24) is 9.88 Å². The molecule has 1 aromatic carbocycles. The summed E-state index contributed by atoms with van der Waals surface area (Å²) >= 11 is 10.7. The summed E-state index contributed by atoms with van der Waals surface area (Å²) < 4.78 is 0. The second-order valence-corrected chi connectivity index (χ2v) is 5.46. The zero-order valence-corrected chi connectivity index (χ0v) is 13.0. The molecule has 2 N–H and O–H groups in total. The molecule has 2 aromatic rings. The van der Waals surface area contributed by atoms with Gasteiger partial charge in [0.2, 0.25) is 0 Å². The van der Waals surface area contributed by atoms with Gasteiger partial charge in [0.1, 0.15) is 10.7 Å². The van der Waals surface area contributed by atoms with Crippen LogP contribution in [0.2, 0.25) is 5.02 Å². The molecule has 4 nitrogen and oxygen atoms in total. The number of benzene rings is 1. The minimum atomic E-state index is -0.167. The standard InChI is InChI=1S/C15H14ClN3OS/c1-19(9-10-2-5-12(16)6-3-10)15(20)13-7-4-11(8-18-13)14(17)21/h2-8H,9H2,1H3,(H2,17,21). The molecule has 1 amide bonds. The Morgan fingerprint density at radius 3 is 2.48 bits per heavy atom. The van der Waals surface area contributed by atoms with E-state index in [1.54, 1.807) is 36.2 Å². The largest absolute Gasteiger partial charge is 0.389 e. The van der Waals surface area contributed by atoms with Crippen molar-refractivity contribution in [3.05, 3.63) is 64.4 Å². The summed E-state index contributed by atoms with van der Waals surface area (Å²) in [5, 5.41) is 0.669. The number of rotatable bonds is 4. The summed E-state index contributed by atoms with van der Waals surface area (Å²) in [5.41, 5.74) is 7.49. The molecule has 0 radical (unpaired) electrons. The van der Waals surface area contributed by atoms with Crippen LogP contribution < -0.4 is 5.73 Å². The number of carbonyl (C=O) groups is 1. The molecule has 0 aliphatic rings. The molecule has 0 aliphatic carbocycles. The van der Waals surface area contributed by atoms with Gasteiger partial charge in [0.15, 0.2) is 0 Å². The molecule has 2 rings (SSSR count). The number of aromatic nitrogens is 1. The third-order valence-electron chi connectivity index (χ3n) is 2.95. The highest BCUT2D eigenvalue weighted by Gasteiger charge is 2.13. The molecule has 0 saturated carbocycles. The molecular formula is C15H14ClN3OS. The summed E-state index contributed by atoms with van der Waals surface area (Å²) in [6.07, 6.45) is 1.51. The van der Waals surface area contributed by atoms with Crippen molar-refractivity contribution in [3.63, 3.8) is 0 Å². The van der Waals surface area contributed by atoms with E-state index in [1.165, 1.54) is 6.20 Å². The highest BCUT2D eigenvalue weighted by Crippen LogP contribution is 2.12. The first-order chi connectivity index (χ1) is 9.97. The van der Waals surface area contributed by atoms with Gasteiger partial charge in [-0.15, -0.1) is 0 Å². The van der Waals surface area contributed by atoms with Crippen molar-refractivity contribution in [2.24, 2.45) is 5.73 Å². The molecule has 0 spiro atoms. The first-order valence-electron chi connectivity index (χ1n) is 6.23. The van der Waals surface area contributed by atoms with Crippen LogP contribution in [0.4, 0.5) is 0 Å². The molecule has 21 heavy (non-hydrogen) atoms. The zero-order chi connectivity index (χ0) is 15.4. The normalized spacial score (nSPS) is 10.2. The molecule has 0 saturated heterocycles.